The van der Waals surface area contributed by atoms with Crippen molar-refractivity contribution in [3.8, 4) is 0 Å². The van der Waals surface area contributed by atoms with Crippen LogP contribution < -0.4 is 0 Å². The summed E-state index contributed by atoms with van der Waals surface area (Å²) in [6.45, 7) is 4.63. The highest BCUT2D eigenvalue weighted by Crippen LogP contribution is 2.78. The SMILES string of the molecule is CPCC(=O)C1CCC2C3CCC45C[C@@]4(O)CCC5C3CCC12C. The normalized spacial score (nSPS) is 58.2. The van der Waals surface area contributed by atoms with Gasteiger partial charge in [0.2, 0.25) is 0 Å². The summed E-state index contributed by atoms with van der Waals surface area (Å²) in [5.74, 6) is 4.23. The Morgan fingerprint density at radius 3 is 2.54 bits per heavy atom. The van der Waals surface area contributed by atoms with Gasteiger partial charge >= 0.3 is 0 Å². The van der Waals surface area contributed by atoms with Gasteiger partial charge in [0.15, 0.2) is 0 Å². The van der Waals surface area contributed by atoms with Crippen molar-refractivity contribution in [3.05, 3.63) is 0 Å². The number of carbonyl (C=O) groups excluding carboxylic acids is 1. The molecular formula is C21H33O2P. The van der Waals surface area contributed by atoms with Crippen molar-refractivity contribution >= 4 is 14.4 Å². The predicted molar refractivity (Wildman–Crippen MR) is 98.6 cm³/mol. The zero-order valence-electron chi connectivity index (χ0n) is 15.3. The minimum atomic E-state index is -0.264. The standard InChI is InChI=1S/C21H33O2P/c1-19-8-5-14-13(15(19)3-4-17(19)18(22)11-24-2)6-9-20-12-21(20,23)10-7-16(14)20/h13-17,23-24H,3-12H2,1-2H3/t13?,14?,15?,16?,17?,19?,20?,21-/m0/s1. The van der Waals surface area contributed by atoms with Crippen LogP contribution in [0.15, 0.2) is 0 Å². The van der Waals surface area contributed by atoms with E-state index in [0.29, 0.717) is 22.5 Å². The van der Waals surface area contributed by atoms with E-state index in [4.69, 9.17) is 0 Å². The van der Waals surface area contributed by atoms with Gasteiger partial charge in [0.1, 0.15) is 5.78 Å². The largest absolute Gasteiger partial charge is 0.389 e. The topological polar surface area (TPSA) is 37.3 Å². The van der Waals surface area contributed by atoms with Crippen LogP contribution in [0.3, 0.4) is 0 Å². The van der Waals surface area contributed by atoms with E-state index in [1.54, 1.807) is 0 Å². The van der Waals surface area contributed by atoms with Crippen molar-refractivity contribution in [2.24, 2.45) is 40.4 Å². The fourth-order valence-electron chi connectivity index (χ4n) is 8.57. The fourth-order valence-corrected chi connectivity index (χ4v) is 9.17. The van der Waals surface area contributed by atoms with Crippen molar-refractivity contribution in [1.82, 2.24) is 0 Å². The molecule has 0 aromatic rings. The Morgan fingerprint density at radius 1 is 1.04 bits per heavy atom. The highest BCUT2D eigenvalue weighted by Gasteiger charge is 2.76. The molecule has 0 saturated heterocycles. The first-order valence-corrected chi connectivity index (χ1v) is 12.1. The van der Waals surface area contributed by atoms with Gasteiger partial charge < -0.3 is 5.11 Å². The first-order chi connectivity index (χ1) is 11.5. The molecule has 3 heteroatoms. The zero-order valence-corrected chi connectivity index (χ0v) is 16.3. The Bertz CT molecular complexity index is 576. The van der Waals surface area contributed by atoms with Crippen LogP contribution in [0, 0.1) is 40.4 Å². The lowest BCUT2D eigenvalue weighted by molar-refractivity contribution is -0.127. The third kappa shape index (κ3) is 1.83. The zero-order chi connectivity index (χ0) is 16.7. The molecule has 8 unspecified atom stereocenters. The predicted octanol–water partition coefficient (Wildman–Crippen LogP) is 4.25. The van der Waals surface area contributed by atoms with E-state index in [1.807, 2.05) is 0 Å². The fraction of sp³-hybridized carbons (Fsp3) is 0.952. The Kier molecular flexibility index (Phi) is 3.43. The summed E-state index contributed by atoms with van der Waals surface area (Å²) in [5, 5.41) is 10.8. The van der Waals surface area contributed by atoms with Crippen molar-refractivity contribution in [1.29, 1.82) is 0 Å². The Morgan fingerprint density at radius 2 is 1.79 bits per heavy atom. The average Bonchev–Trinajstić information content (AvgIpc) is 2.85. The average molecular weight is 348 g/mol. The van der Waals surface area contributed by atoms with Gasteiger partial charge in [0, 0.05) is 17.5 Å². The molecule has 5 rings (SSSR count). The van der Waals surface area contributed by atoms with Gasteiger partial charge in [-0.3, -0.25) is 4.79 Å². The monoisotopic (exact) mass is 348 g/mol. The van der Waals surface area contributed by atoms with Crippen LogP contribution in [0.1, 0.15) is 64.7 Å². The number of fused-ring (bicyclic) bond motifs is 4. The van der Waals surface area contributed by atoms with E-state index in [1.165, 1.54) is 38.5 Å². The van der Waals surface area contributed by atoms with E-state index >= 15 is 0 Å². The summed E-state index contributed by atoms with van der Waals surface area (Å²) in [6.07, 6.45) is 11.9. The molecule has 134 valence electrons. The van der Waals surface area contributed by atoms with Crippen LogP contribution in [0.4, 0.5) is 0 Å². The van der Waals surface area contributed by atoms with E-state index in [9.17, 15) is 9.90 Å². The van der Waals surface area contributed by atoms with Crippen molar-refractivity contribution in [2.75, 3.05) is 12.8 Å². The lowest BCUT2D eigenvalue weighted by Gasteiger charge is -2.54. The first-order valence-electron chi connectivity index (χ1n) is 10.3. The van der Waals surface area contributed by atoms with Crippen LogP contribution in [0.25, 0.3) is 0 Å². The molecular weight excluding hydrogens is 315 g/mol. The van der Waals surface area contributed by atoms with E-state index in [0.717, 1.165) is 57.7 Å². The molecule has 0 heterocycles. The lowest BCUT2D eigenvalue weighted by atomic mass is 9.50. The number of rotatable bonds is 3. The highest BCUT2D eigenvalue weighted by atomic mass is 31.1. The second-order valence-electron chi connectivity index (χ2n) is 10.2. The number of ketones is 1. The van der Waals surface area contributed by atoms with Crippen LogP contribution in [-0.2, 0) is 4.79 Å². The molecule has 5 fully saturated rings. The molecule has 2 nitrogen and oxygen atoms in total. The van der Waals surface area contributed by atoms with E-state index in [-0.39, 0.29) is 5.60 Å². The van der Waals surface area contributed by atoms with Gasteiger partial charge in [0.05, 0.1) is 5.60 Å². The smallest absolute Gasteiger partial charge is 0.140 e. The van der Waals surface area contributed by atoms with Crippen LogP contribution in [0.2, 0.25) is 0 Å². The Balaban J connectivity index is 1.40. The molecule has 0 bridgehead atoms. The summed E-state index contributed by atoms with van der Waals surface area (Å²) in [7, 11) is 0.775. The molecule has 5 aliphatic carbocycles. The third-order valence-corrected chi connectivity index (χ3v) is 10.4. The van der Waals surface area contributed by atoms with Gasteiger partial charge in [-0.15, -0.1) is 8.58 Å². The first kappa shape index (κ1) is 16.2. The molecule has 0 radical (unpaired) electrons. The summed E-state index contributed by atoms with van der Waals surface area (Å²) >= 11 is 0. The number of carbonyl (C=O) groups is 1. The Hall–Kier alpha value is 0.0600. The molecule has 0 aromatic heterocycles. The molecule has 0 aromatic carbocycles. The van der Waals surface area contributed by atoms with Gasteiger partial charge in [-0.1, -0.05) is 6.92 Å². The van der Waals surface area contributed by atoms with E-state index < -0.39 is 0 Å². The summed E-state index contributed by atoms with van der Waals surface area (Å²) in [4.78, 5) is 12.7. The molecule has 24 heavy (non-hydrogen) atoms. The second kappa shape index (κ2) is 5.07. The second-order valence-corrected chi connectivity index (χ2v) is 11.2. The third-order valence-electron chi connectivity index (χ3n) is 9.66. The maximum absolute atomic E-state index is 12.7. The number of aliphatic hydroxyl groups is 1. The van der Waals surface area contributed by atoms with E-state index in [2.05, 4.69) is 13.6 Å². The maximum Gasteiger partial charge on any atom is 0.140 e. The number of Topliss-reactive ketones (excluding diaryl/α,β-unsaturated/α-hetero) is 1. The number of hydrogen-bond acceptors (Lipinski definition) is 2. The van der Waals surface area contributed by atoms with Crippen LogP contribution >= 0.6 is 8.58 Å². The molecule has 1 N–H and O–H groups in total. The molecule has 9 atom stereocenters. The Labute approximate surface area is 148 Å². The van der Waals surface area contributed by atoms with Crippen molar-refractivity contribution in [2.45, 2.75) is 70.3 Å². The minimum absolute atomic E-state index is 0.264. The van der Waals surface area contributed by atoms with Gasteiger partial charge in [-0.05, 0) is 93.5 Å². The molecule has 5 aliphatic rings. The van der Waals surface area contributed by atoms with Crippen LogP contribution in [-0.4, -0.2) is 29.3 Å². The number of hydrogen-bond donors (Lipinski definition) is 1. The quantitative estimate of drug-likeness (QED) is 0.774. The molecule has 0 amide bonds. The van der Waals surface area contributed by atoms with Crippen molar-refractivity contribution < 1.29 is 9.90 Å². The highest BCUT2D eigenvalue weighted by molar-refractivity contribution is 7.38. The van der Waals surface area contributed by atoms with Gasteiger partial charge in [-0.2, -0.15) is 0 Å². The lowest BCUT2D eigenvalue weighted by Crippen LogP contribution is -2.48. The minimum Gasteiger partial charge on any atom is -0.389 e. The van der Waals surface area contributed by atoms with Crippen LogP contribution in [0.5, 0.6) is 0 Å². The maximum atomic E-state index is 12.7. The molecule has 1 spiro atoms. The summed E-state index contributed by atoms with van der Waals surface area (Å²) in [5.41, 5.74) is 0.361. The van der Waals surface area contributed by atoms with Gasteiger partial charge in [0.25, 0.3) is 0 Å². The van der Waals surface area contributed by atoms with Crippen molar-refractivity contribution in [3.63, 3.8) is 0 Å². The molecule has 5 saturated carbocycles. The van der Waals surface area contributed by atoms with Gasteiger partial charge in [-0.25, -0.2) is 0 Å². The summed E-state index contributed by atoms with van der Waals surface area (Å²) < 4.78 is 0. The molecule has 0 aliphatic heterocycles. The summed E-state index contributed by atoms with van der Waals surface area (Å²) in [6, 6.07) is 0.